The Hall–Kier alpha value is -1.02. The predicted molar refractivity (Wildman–Crippen MR) is 74.1 cm³/mol. The monoisotopic (exact) mass is 399 g/mol. The summed E-state index contributed by atoms with van der Waals surface area (Å²) in [7, 11) is 0. The highest BCUT2D eigenvalue weighted by molar-refractivity contribution is 14.1. The molecule has 0 aliphatic rings. The maximum absolute atomic E-state index is 12.0. The predicted octanol–water partition coefficient (Wildman–Crippen LogP) is 4.91. The van der Waals surface area contributed by atoms with Gasteiger partial charge in [-0.2, -0.15) is 0 Å². The molecule has 2 rings (SSSR count). The fourth-order valence-corrected chi connectivity index (χ4v) is 2.35. The molecule has 0 atom stereocenters. The van der Waals surface area contributed by atoms with Crippen molar-refractivity contribution in [3.63, 3.8) is 0 Å². The number of benzene rings is 1. The molecule has 0 spiro atoms. The van der Waals surface area contributed by atoms with Gasteiger partial charge in [0.25, 0.3) is 0 Å². The zero-order chi connectivity index (χ0) is 14.0. The number of alkyl halides is 3. The molecule has 0 unspecified atom stereocenters. The molecule has 2 nitrogen and oxygen atoms in total. The normalized spacial score (nSPS) is 11.4. The van der Waals surface area contributed by atoms with Crippen LogP contribution in [0.15, 0.2) is 36.5 Å². The molecule has 19 heavy (non-hydrogen) atoms. The van der Waals surface area contributed by atoms with E-state index in [4.69, 9.17) is 11.6 Å². The van der Waals surface area contributed by atoms with Crippen LogP contribution in [0.3, 0.4) is 0 Å². The van der Waals surface area contributed by atoms with Gasteiger partial charge in [-0.3, -0.25) is 4.98 Å². The Kier molecular flexibility index (Phi) is 4.19. The molecule has 0 bridgehead atoms. The standard InChI is InChI=1S/C12H6ClF3INO/c13-10-5-8(17)6-18-11(10)7-1-3-9(4-2-7)19-12(14,15)16/h1-6H. The number of hydrogen-bond acceptors (Lipinski definition) is 2. The van der Waals surface area contributed by atoms with Crippen LogP contribution < -0.4 is 4.74 Å². The van der Waals surface area contributed by atoms with Gasteiger partial charge in [-0.25, -0.2) is 0 Å². The second kappa shape index (κ2) is 5.54. The van der Waals surface area contributed by atoms with Gasteiger partial charge in [-0.05, 0) is 52.9 Å². The van der Waals surface area contributed by atoms with E-state index in [1.54, 1.807) is 12.3 Å². The second-order valence-corrected chi connectivity index (χ2v) is 5.21. The van der Waals surface area contributed by atoms with Crippen LogP contribution in [-0.4, -0.2) is 11.3 Å². The molecule has 7 heteroatoms. The van der Waals surface area contributed by atoms with E-state index < -0.39 is 6.36 Å². The molecule has 1 aromatic heterocycles. The number of rotatable bonds is 2. The molecule has 0 aliphatic heterocycles. The van der Waals surface area contributed by atoms with Gasteiger partial charge in [0, 0.05) is 15.3 Å². The maximum atomic E-state index is 12.0. The lowest BCUT2D eigenvalue weighted by Crippen LogP contribution is -2.16. The Morgan fingerprint density at radius 1 is 1.16 bits per heavy atom. The van der Waals surface area contributed by atoms with Crippen LogP contribution in [-0.2, 0) is 0 Å². The summed E-state index contributed by atoms with van der Waals surface area (Å²) in [6.07, 6.45) is -3.07. The largest absolute Gasteiger partial charge is 0.573 e. The third-order valence-corrected chi connectivity index (χ3v) is 3.05. The lowest BCUT2D eigenvalue weighted by Gasteiger charge is -2.09. The summed E-state index contributed by atoms with van der Waals surface area (Å²) in [5.41, 5.74) is 1.14. The van der Waals surface area contributed by atoms with E-state index in [1.807, 2.05) is 0 Å². The van der Waals surface area contributed by atoms with Crippen molar-refractivity contribution in [2.45, 2.75) is 6.36 Å². The fourth-order valence-electron chi connectivity index (χ4n) is 1.44. The maximum Gasteiger partial charge on any atom is 0.573 e. The molecule has 1 aromatic carbocycles. The average molecular weight is 400 g/mol. The van der Waals surface area contributed by atoms with E-state index in [2.05, 4.69) is 32.3 Å². The molecular formula is C12H6ClF3INO. The fraction of sp³-hybridized carbons (Fsp3) is 0.0833. The molecule has 0 amide bonds. The number of halogens is 5. The molecule has 2 aromatic rings. The molecule has 1 heterocycles. The Bertz CT molecular complexity index is 587. The van der Waals surface area contributed by atoms with Gasteiger partial charge in [-0.1, -0.05) is 11.6 Å². The van der Waals surface area contributed by atoms with Crippen LogP contribution in [0.4, 0.5) is 13.2 Å². The zero-order valence-electron chi connectivity index (χ0n) is 9.21. The minimum absolute atomic E-state index is 0.280. The van der Waals surface area contributed by atoms with Crippen LogP contribution in [0, 0.1) is 3.57 Å². The van der Waals surface area contributed by atoms with Gasteiger partial charge in [0.05, 0.1) is 10.7 Å². The van der Waals surface area contributed by atoms with Gasteiger partial charge >= 0.3 is 6.36 Å². The molecule has 0 N–H and O–H groups in total. The summed E-state index contributed by atoms with van der Waals surface area (Å²) in [5, 5.41) is 0.441. The van der Waals surface area contributed by atoms with Crippen molar-refractivity contribution < 1.29 is 17.9 Å². The Balaban J connectivity index is 2.27. The van der Waals surface area contributed by atoms with Crippen LogP contribution in [0.1, 0.15) is 0 Å². The highest BCUT2D eigenvalue weighted by Crippen LogP contribution is 2.29. The first-order valence-corrected chi connectivity index (χ1v) is 6.48. The van der Waals surface area contributed by atoms with Crippen LogP contribution >= 0.6 is 34.2 Å². The van der Waals surface area contributed by atoms with E-state index in [-0.39, 0.29) is 5.75 Å². The van der Waals surface area contributed by atoms with Gasteiger partial charge in [0.1, 0.15) is 5.75 Å². The summed E-state index contributed by atoms with van der Waals surface area (Å²) >= 11 is 8.10. The summed E-state index contributed by atoms with van der Waals surface area (Å²) < 4.78 is 40.7. The molecule has 0 saturated heterocycles. The number of hydrogen-bond donors (Lipinski definition) is 0. The molecule has 100 valence electrons. The first kappa shape index (κ1) is 14.4. The van der Waals surface area contributed by atoms with Crippen LogP contribution in [0.25, 0.3) is 11.3 Å². The Morgan fingerprint density at radius 2 is 1.79 bits per heavy atom. The zero-order valence-corrected chi connectivity index (χ0v) is 12.1. The average Bonchev–Trinajstić information content (AvgIpc) is 2.28. The summed E-state index contributed by atoms with van der Waals surface area (Å²) in [5.74, 6) is -0.280. The number of ether oxygens (including phenoxy) is 1. The van der Waals surface area contributed by atoms with Crippen molar-refractivity contribution in [2.75, 3.05) is 0 Å². The minimum Gasteiger partial charge on any atom is -0.406 e. The first-order valence-electron chi connectivity index (χ1n) is 5.02. The molecule has 0 aliphatic carbocycles. The highest BCUT2D eigenvalue weighted by atomic mass is 127. The van der Waals surface area contributed by atoms with Gasteiger partial charge in [0.15, 0.2) is 0 Å². The minimum atomic E-state index is -4.69. The van der Waals surface area contributed by atoms with E-state index in [0.29, 0.717) is 16.3 Å². The van der Waals surface area contributed by atoms with Gasteiger partial charge < -0.3 is 4.74 Å². The topological polar surface area (TPSA) is 22.1 Å². The first-order chi connectivity index (χ1) is 8.85. The van der Waals surface area contributed by atoms with Crippen LogP contribution in [0.5, 0.6) is 5.75 Å². The van der Waals surface area contributed by atoms with E-state index in [1.165, 1.54) is 24.3 Å². The van der Waals surface area contributed by atoms with Crippen molar-refractivity contribution in [1.29, 1.82) is 0 Å². The second-order valence-electron chi connectivity index (χ2n) is 3.56. The van der Waals surface area contributed by atoms with E-state index in [9.17, 15) is 13.2 Å². The lowest BCUT2D eigenvalue weighted by molar-refractivity contribution is -0.274. The third-order valence-electron chi connectivity index (χ3n) is 2.17. The number of nitrogens with zero attached hydrogens (tertiary/aromatic N) is 1. The summed E-state index contributed by atoms with van der Waals surface area (Å²) in [4.78, 5) is 4.15. The third kappa shape index (κ3) is 3.97. The van der Waals surface area contributed by atoms with Crippen molar-refractivity contribution in [3.8, 4) is 17.0 Å². The van der Waals surface area contributed by atoms with Crippen molar-refractivity contribution >= 4 is 34.2 Å². The number of aromatic nitrogens is 1. The summed E-state index contributed by atoms with van der Waals surface area (Å²) in [6.45, 7) is 0. The van der Waals surface area contributed by atoms with E-state index >= 15 is 0 Å². The Morgan fingerprint density at radius 3 is 2.32 bits per heavy atom. The molecule has 0 radical (unpaired) electrons. The molecular weight excluding hydrogens is 393 g/mol. The van der Waals surface area contributed by atoms with E-state index in [0.717, 1.165) is 3.57 Å². The SMILES string of the molecule is FC(F)(F)Oc1ccc(-c2ncc(I)cc2Cl)cc1. The molecule has 0 saturated carbocycles. The smallest absolute Gasteiger partial charge is 0.406 e. The highest BCUT2D eigenvalue weighted by Gasteiger charge is 2.30. The lowest BCUT2D eigenvalue weighted by atomic mass is 10.1. The quantitative estimate of drug-likeness (QED) is 0.670. The van der Waals surface area contributed by atoms with Gasteiger partial charge in [0.2, 0.25) is 0 Å². The number of pyridine rings is 1. The Labute approximate surface area is 125 Å². The van der Waals surface area contributed by atoms with Crippen molar-refractivity contribution in [1.82, 2.24) is 4.98 Å². The summed E-state index contributed by atoms with van der Waals surface area (Å²) in [6, 6.07) is 7.12. The van der Waals surface area contributed by atoms with Gasteiger partial charge in [-0.15, -0.1) is 13.2 Å². The molecule has 0 fully saturated rings. The van der Waals surface area contributed by atoms with Crippen LogP contribution in [0.2, 0.25) is 5.02 Å². The van der Waals surface area contributed by atoms with Crippen molar-refractivity contribution in [3.05, 3.63) is 45.1 Å². The van der Waals surface area contributed by atoms with Crippen molar-refractivity contribution in [2.24, 2.45) is 0 Å².